The minimum Gasteiger partial charge on any atom is -0.478 e. The molecule has 1 aliphatic rings. The van der Waals surface area contributed by atoms with Gasteiger partial charge in [-0.25, -0.2) is 9.78 Å². The van der Waals surface area contributed by atoms with E-state index in [1.807, 2.05) is 6.07 Å². The van der Waals surface area contributed by atoms with Crippen molar-refractivity contribution in [3.63, 3.8) is 0 Å². The monoisotopic (exact) mass is 348 g/mol. The van der Waals surface area contributed by atoms with Gasteiger partial charge in [-0.2, -0.15) is 0 Å². The first-order valence-corrected chi connectivity index (χ1v) is 8.24. The van der Waals surface area contributed by atoms with Gasteiger partial charge in [-0.05, 0) is 36.8 Å². The number of aromatic nitrogens is 1. The summed E-state index contributed by atoms with van der Waals surface area (Å²) in [5.41, 5.74) is 0.872. The highest BCUT2D eigenvalue weighted by Gasteiger charge is 2.34. The molecule has 1 amide bonds. The number of halogens is 1. The Hall–Kier alpha value is -2.05. The number of hydrogen-bond acceptors (Lipinski definition) is 4. The van der Waals surface area contributed by atoms with Crippen molar-refractivity contribution in [2.24, 2.45) is 0 Å². The maximum atomic E-state index is 12.6. The number of aromatic carboxylic acids is 1. The van der Waals surface area contributed by atoms with Gasteiger partial charge in [0.15, 0.2) is 0 Å². The first-order chi connectivity index (χ1) is 11.1. The fraction of sp³-hybridized carbons (Fsp3) is 0.188. The highest BCUT2D eigenvalue weighted by molar-refractivity contribution is 8.00. The molecule has 1 aromatic carbocycles. The summed E-state index contributed by atoms with van der Waals surface area (Å²) in [5, 5.41) is 9.80. The molecule has 1 saturated heterocycles. The average Bonchev–Trinajstić information content (AvgIpc) is 2.89. The Morgan fingerprint density at radius 2 is 2.17 bits per heavy atom. The molecule has 2 aromatic rings. The van der Waals surface area contributed by atoms with Gasteiger partial charge in [0.25, 0.3) is 0 Å². The number of hydrogen-bond donors (Lipinski definition) is 1. The topological polar surface area (TPSA) is 70.5 Å². The third kappa shape index (κ3) is 3.33. The molecule has 1 aromatic heterocycles. The van der Waals surface area contributed by atoms with Gasteiger partial charge in [0.2, 0.25) is 5.91 Å². The predicted molar refractivity (Wildman–Crippen MR) is 89.3 cm³/mol. The number of pyridine rings is 1. The van der Waals surface area contributed by atoms with Crippen molar-refractivity contribution in [3.8, 4) is 0 Å². The first-order valence-electron chi connectivity index (χ1n) is 6.98. The molecule has 7 heteroatoms. The molecule has 1 atom stereocenters. The van der Waals surface area contributed by atoms with Crippen LogP contribution in [0.25, 0.3) is 0 Å². The summed E-state index contributed by atoms with van der Waals surface area (Å²) in [7, 11) is 0. The lowest BCUT2D eigenvalue weighted by molar-refractivity contribution is -0.116. The minimum absolute atomic E-state index is 0.0562. The normalized spacial score (nSPS) is 17.5. The lowest BCUT2D eigenvalue weighted by Crippen LogP contribution is -2.28. The summed E-state index contributed by atoms with van der Waals surface area (Å²) >= 11 is 7.18. The van der Waals surface area contributed by atoms with Gasteiger partial charge in [-0.15, -0.1) is 0 Å². The third-order valence-electron chi connectivity index (χ3n) is 3.53. The highest BCUT2D eigenvalue weighted by atomic mass is 35.5. The molecule has 3 rings (SSSR count). The Kier molecular flexibility index (Phi) is 4.54. The van der Waals surface area contributed by atoms with E-state index in [2.05, 4.69) is 4.98 Å². The van der Waals surface area contributed by atoms with Crippen LogP contribution in [0.4, 0.5) is 5.69 Å². The zero-order chi connectivity index (χ0) is 16.4. The van der Waals surface area contributed by atoms with Crippen molar-refractivity contribution in [2.75, 3.05) is 11.4 Å². The van der Waals surface area contributed by atoms with Gasteiger partial charge in [0.1, 0.15) is 5.03 Å². The Balaban J connectivity index is 1.79. The Labute approximate surface area is 142 Å². The standard InChI is InChI=1S/C16H13ClN2O3S/c17-10-3-1-4-11(9-10)19-8-6-13(15(19)20)23-14-12(16(21)22)5-2-7-18-14/h1-5,7,9,13H,6,8H2,(H,21,22). The number of carboxylic acid groups (broad SMARTS) is 1. The molecule has 0 aliphatic carbocycles. The van der Waals surface area contributed by atoms with Crippen molar-refractivity contribution in [3.05, 3.63) is 53.2 Å². The average molecular weight is 349 g/mol. The molecule has 0 saturated carbocycles. The zero-order valence-electron chi connectivity index (χ0n) is 12.0. The maximum Gasteiger partial charge on any atom is 0.338 e. The highest BCUT2D eigenvalue weighted by Crippen LogP contribution is 2.34. The summed E-state index contributed by atoms with van der Waals surface area (Å²) in [4.78, 5) is 29.6. The van der Waals surface area contributed by atoms with Crippen molar-refractivity contribution in [2.45, 2.75) is 16.7 Å². The van der Waals surface area contributed by atoms with Crippen LogP contribution in [-0.2, 0) is 4.79 Å². The molecule has 1 aliphatic heterocycles. The van der Waals surface area contributed by atoms with Crippen LogP contribution in [0, 0.1) is 0 Å². The second-order valence-corrected chi connectivity index (χ2v) is 6.65. The summed E-state index contributed by atoms with van der Waals surface area (Å²) < 4.78 is 0. The van der Waals surface area contributed by atoms with E-state index in [0.29, 0.717) is 23.0 Å². The van der Waals surface area contributed by atoms with E-state index in [0.717, 1.165) is 5.69 Å². The van der Waals surface area contributed by atoms with Crippen LogP contribution < -0.4 is 4.90 Å². The number of carboxylic acids is 1. The second kappa shape index (κ2) is 6.60. The molecular formula is C16H13ClN2O3S. The van der Waals surface area contributed by atoms with Crippen molar-refractivity contribution in [1.29, 1.82) is 0 Å². The number of thioether (sulfide) groups is 1. The predicted octanol–water partition coefficient (Wildman–Crippen LogP) is 3.33. The number of rotatable bonds is 4. The number of benzene rings is 1. The zero-order valence-corrected chi connectivity index (χ0v) is 13.5. The van der Waals surface area contributed by atoms with E-state index in [9.17, 15) is 14.7 Å². The van der Waals surface area contributed by atoms with Crippen LogP contribution in [0.1, 0.15) is 16.8 Å². The van der Waals surface area contributed by atoms with E-state index in [1.54, 1.807) is 29.2 Å². The molecule has 1 unspecified atom stereocenters. The Morgan fingerprint density at radius 1 is 1.35 bits per heavy atom. The summed E-state index contributed by atoms with van der Waals surface area (Å²) in [6.45, 7) is 0.575. The minimum atomic E-state index is -1.04. The quantitative estimate of drug-likeness (QED) is 0.917. The second-order valence-electron chi connectivity index (χ2n) is 5.03. The van der Waals surface area contributed by atoms with E-state index >= 15 is 0 Å². The molecule has 0 spiro atoms. The number of carbonyl (C=O) groups is 2. The fourth-order valence-electron chi connectivity index (χ4n) is 2.45. The lowest BCUT2D eigenvalue weighted by Gasteiger charge is -2.17. The number of nitrogens with zero attached hydrogens (tertiary/aromatic N) is 2. The van der Waals surface area contributed by atoms with E-state index < -0.39 is 5.97 Å². The molecule has 2 heterocycles. The molecule has 0 radical (unpaired) electrons. The summed E-state index contributed by atoms with van der Waals surface area (Å²) in [6.07, 6.45) is 2.16. The number of amides is 1. The van der Waals surface area contributed by atoms with Crippen LogP contribution in [-0.4, -0.2) is 33.8 Å². The van der Waals surface area contributed by atoms with Crippen LogP contribution in [0.3, 0.4) is 0 Å². The van der Waals surface area contributed by atoms with Crippen LogP contribution in [0.2, 0.25) is 5.02 Å². The van der Waals surface area contributed by atoms with Gasteiger partial charge in [0, 0.05) is 23.5 Å². The first kappa shape index (κ1) is 15.8. The third-order valence-corrected chi connectivity index (χ3v) is 5.04. The van der Waals surface area contributed by atoms with Gasteiger partial charge in [0.05, 0.1) is 10.8 Å². The molecule has 1 fully saturated rings. The largest absolute Gasteiger partial charge is 0.478 e. The molecule has 23 heavy (non-hydrogen) atoms. The molecule has 1 N–H and O–H groups in total. The van der Waals surface area contributed by atoms with Crippen molar-refractivity contribution < 1.29 is 14.7 Å². The molecule has 0 bridgehead atoms. The smallest absolute Gasteiger partial charge is 0.338 e. The number of carbonyl (C=O) groups excluding carboxylic acids is 1. The Bertz CT molecular complexity index is 768. The molecule has 118 valence electrons. The Morgan fingerprint density at radius 3 is 2.91 bits per heavy atom. The lowest BCUT2D eigenvalue weighted by atomic mass is 10.3. The van der Waals surface area contributed by atoms with Crippen molar-refractivity contribution in [1.82, 2.24) is 4.98 Å². The van der Waals surface area contributed by atoms with Crippen LogP contribution in [0.15, 0.2) is 47.6 Å². The van der Waals surface area contributed by atoms with Gasteiger partial charge in [-0.1, -0.05) is 29.4 Å². The van der Waals surface area contributed by atoms with Crippen LogP contribution >= 0.6 is 23.4 Å². The summed E-state index contributed by atoms with van der Waals surface area (Å²) in [5.74, 6) is -1.10. The summed E-state index contributed by atoms with van der Waals surface area (Å²) in [6, 6.07) is 10.2. The van der Waals surface area contributed by atoms with E-state index in [4.69, 9.17) is 11.6 Å². The molecule has 5 nitrogen and oxygen atoms in total. The van der Waals surface area contributed by atoms with Gasteiger partial charge >= 0.3 is 5.97 Å². The SMILES string of the molecule is O=C(O)c1cccnc1SC1CCN(c2cccc(Cl)c2)C1=O. The fourth-order valence-corrected chi connectivity index (χ4v) is 3.76. The van der Waals surface area contributed by atoms with Gasteiger partial charge in [-0.3, -0.25) is 4.79 Å². The molecular weight excluding hydrogens is 336 g/mol. The van der Waals surface area contributed by atoms with E-state index in [1.165, 1.54) is 24.0 Å². The van der Waals surface area contributed by atoms with Gasteiger partial charge < -0.3 is 10.0 Å². The van der Waals surface area contributed by atoms with Crippen LogP contribution in [0.5, 0.6) is 0 Å². The number of anilines is 1. The van der Waals surface area contributed by atoms with Crippen molar-refractivity contribution >= 4 is 40.9 Å². The van der Waals surface area contributed by atoms with E-state index in [-0.39, 0.29) is 16.7 Å². The maximum absolute atomic E-state index is 12.6.